The lowest BCUT2D eigenvalue weighted by atomic mass is 10.00. The van der Waals surface area contributed by atoms with Crippen molar-refractivity contribution in [3.05, 3.63) is 41.2 Å². The Morgan fingerprint density at radius 3 is 2.65 bits per heavy atom. The minimum atomic E-state index is -0.994. The fourth-order valence-corrected chi connectivity index (χ4v) is 3.85. The molecule has 2 unspecified atom stereocenters. The van der Waals surface area contributed by atoms with Crippen LogP contribution in [0.4, 0.5) is 5.82 Å². The van der Waals surface area contributed by atoms with E-state index in [1.54, 1.807) is 13.8 Å². The van der Waals surface area contributed by atoms with Crippen LogP contribution in [0.3, 0.4) is 0 Å². The average Bonchev–Trinajstić information content (AvgIpc) is 3.25. The van der Waals surface area contributed by atoms with Crippen LogP contribution in [-0.2, 0) is 4.79 Å². The molecule has 2 heterocycles. The van der Waals surface area contributed by atoms with E-state index in [4.69, 9.17) is 21.1 Å². The number of halogens is 1. The van der Waals surface area contributed by atoms with Crippen molar-refractivity contribution in [3.8, 4) is 11.6 Å². The molecule has 1 aromatic heterocycles. The van der Waals surface area contributed by atoms with E-state index in [9.17, 15) is 9.90 Å². The third kappa shape index (κ3) is 6.96. The van der Waals surface area contributed by atoms with Gasteiger partial charge in [-0.05, 0) is 51.8 Å². The van der Waals surface area contributed by atoms with E-state index in [2.05, 4.69) is 22.2 Å². The summed E-state index contributed by atoms with van der Waals surface area (Å²) in [6.07, 6.45) is 3.10. The molecule has 1 aliphatic heterocycles. The second kappa shape index (κ2) is 11.2. The van der Waals surface area contributed by atoms with Crippen molar-refractivity contribution < 1.29 is 19.4 Å². The Morgan fingerprint density at radius 2 is 2.00 bits per heavy atom. The van der Waals surface area contributed by atoms with E-state index < -0.39 is 5.60 Å². The van der Waals surface area contributed by atoms with Crippen molar-refractivity contribution in [1.82, 2.24) is 15.3 Å². The zero-order valence-electron chi connectivity index (χ0n) is 20.5. The van der Waals surface area contributed by atoms with Gasteiger partial charge in [-0.3, -0.25) is 4.79 Å². The van der Waals surface area contributed by atoms with Gasteiger partial charge >= 0.3 is 0 Å². The first-order valence-electron chi connectivity index (χ1n) is 11.7. The van der Waals surface area contributed by atoms with Crippen LogP contribution in [-0.4, -0.2) is 58.4 Å². The maximum absolute atomic E-state index is 12.4. The molecular formula is C25H35ClN4O4. The Hall–Kier alpha value is -2.58. The van der Waals surface area contributed by atoms with E-state index in [1.165, 1.54) is 6.33 Å². The molecule has 3 rings (SSSR count). The van der Waals surface area contributed by atoms with Gasteiger partial charge < -0.3 is 24.8 Å². The molecule has 186 valence electrons. The molecule has 1 fully saturated rings. The predicted octanol–water partition coefficient (Wildman–Crippen LogP) is 3.96. The number of nitrogens with one attached hydrogen (secondary N) is 1. The first-order valence-corrected chi connectivity index (χ1v) is 12.1. The van der Waals surface area contributed by atoms with Gasteiger partial charge in [-0.2, -0.15) is 0 Å². The Kier molecular flexibility index (Phi) is 8.60. The molecule has 0 spiro atoms. The minimum absolute atomic E-state index is 0.0243. The smallest absolute Gasteiger partial charge is 0.238 e. The molecule has 0 radical (unpaired) electrons. The summed E-state index contributed by atoms with van der Waals surface area (Å²) >= 11 is 6.49. The average molecular weight is 491 g/mol. The quantitative estimate of drug-likeness (QED) is 0.520. The summed E-state index contributed by atoms with van der Waals surface area (Å²) < 4.78 is 11.8. The second-order valence-corrected chi connectivity index (χ2v) is 9.88. The molecule has 0 bridgehead atoms. The number of hydrogen-bond acceptors (Lipinski definition) is 7. The number of aromatic nitrogens is 2. The number of anilines is 1. The predicted molar refractivity (Wildman–Crippen MR) is 133 cm³/mol. The lowest BCUT2D eigenvalue weighted by molar-refractivity contribution is -0.122. The Labute approximate surface area is 206 Å². The normalized spacial score (nSPS) is 17.9. The maximum Gasteiger partial charge on any atom is 0.238 e. The second-order valence-electron chi connectivity index (χ2n) is 9.50. The number of carbonyl (C=O) groups excluding carboxylic acids is 1. The molecule has 2 N–H and O–H groups in total. The van der Waals surface area contributed by atoms with Crippen LogP contribution in [0.2, 0.25) is 5.02 Å². The first-order chi connectivity index (χ1) is 16.1. The summed E-state index contributed by atoms with van der Waals surface area (Å²) in [5, 5.41) is 13.2. The molecule has 9 heteroatoms. The molecule has 1 amide bonds. The highest BCUT2D eigenvalue weighted by Gasteiger charge is 2.28. The van der Waals surface area contributed by atoms with Crippen molar-refractivity contribution in [1.29, 1.82) is 0 Å². The van der Waals surface area contributed by atoms with Gasteiger partial charge in [-0.25, -0.2) is 9.97 Å². The van der Waals surface area contributed by atoms with Gasteiger partial charge in [-0.1, -0.05) is 30.7 Å². The van der Waals surface area contributed by atoms with Gasteiger partial charge in [0.1, 0.15) is 29.8 Å². The zero-order valence-corrected chi connectivity index (χ0v) is 21.3. The summed E-state index contributed by atoms with van der Waals surface area (Å²) in [5.41, 5.74) is -0.0425. The van der Waals surface area contributed by atoms with Crippen molar-refractivity contribution in [2.24, 2.45) is 0 Å². The number of ether oxygens (including phenoxy) is 2. The van der Waals surface area contributed by atoms with Crippen molar-refractivity contribution >= 4 is 23.3 Å². The SMILES string of the molecule is CC[C@@H](C)NC(=O)C(C)c1ccc(OC2CCN(c3ncnc(OCC(C)(C)O)c3Cl)C2)cc1. The van der Waals surface area contributed by atoms with Gasteiger partial charge in [0.2, 0.25) is 11.8 Å². The summed E-state index contributed by atoms with van der Waals surface area (Å²) in [4.78, 5) is 22.9. The molecular weight excluding hydrogens is 456 g/mol. The van der Waals surface area contributed by atoms with Crippen molar-refractivity contribution in [3.63, 3.8) is 0 Å². The molecule has 0 aliphatic carbocycles. The van der Waals surface area contributed by atoms with E-state index in [1.807, 2.05) is 43.0 Å². The molecule has 34 heavy (non-hydrogen) atoms. The molecule has 2 aromatic rings. The molecule has 0 saturated carbocycles. The lowest BCUT2D eigenvalue weighted by Gasteiger charge is -2.21. The van der Waals surface area contributed by atoms with Crippen LogP contribution in [0.1, 0.15) is 58.9 Å². The zero-order chi connectivity index (χ0) is 24.9. The number of hydrogen-bond donors (Lipinski definition) is 2. The van der Waals surface area contributed by atoms with Gasteiger partial charge in [-0.15, -0.1) is 0 Å². The van der Waals surface area contributed by atoms with E-state index >= 15 is 0 Å². The van der Waals surface area contributed by atoms with Gasteiger partial charge in [0.15, 0.2) is 5.82 Å². The van der Waals surface area contributed by atoms with Crippen molar-refractivity contribution in [2.45, 2.75) is 71.1 Å². The van der Waals surface area contributed by atoms with Crippen LogP contribution in [0, 0.1) is 0 Å². The largest absolute Gasteiger partial charge is 0.489 e. The first kappa shape index (κ1) is 26.0. The maximum atomic E-state index is 12.4. The summed E-state index contributed by atoms with van der Waals surface area (Å²) in [6, 6.07) is 7.86. The van der Waals surface area contributed by atoms with Gasteiger partial charge in [0, 0.05) is 19.0 Å². The third-order valence-electron chi connectivity index (χ3n) is 5.82. The van der Waals surface area contributed by atoms with E-state index in [-0.39, 0.29) is 36.5 Å². The van der Waals surface area contributed by atoms with Crippen molar-refractivity contribution in [2.75, 3.05) is 24.6 Å². The highest BCUT2D eigenvalue weighted by Crippen LogP contribution is 2.33. The third-order valence-corrected chi connectivity index (χ3v) is 6.15. The summed E-state index contributed by atoms with van der Waals surface area (Å²) in [7, 11) is 0. The number of carbonyl (C=O) groups is 1. The number of aliphatic hydroxyl groups is 1. The Morgan fingerprint density at radius 1 is 1.29 bits per heavy atom. The van der Waals surface area contributed by atoms with Crippen LogP contribution in [0.5, 0.6) is 11.6 Å². The fraction of sp³-hybridized carbons (Fsp3) is 0.560. The molecule has 1 saturated heterocycles. The summed E-state index contributed by atoms with van der Waals surface area (Å²) in [6.45, 7) is 10.7. The van der Waals surface area contributed by atoms with Crippen LogP contribution < -0.4 is 19.7 Å². The van der Waals surface area contributed by atoms with E-state index in [0.717, 1.165) is 30.7 Å². The monoisotopic (exact) mass is 490 g/mol. The number of rotatable bonds is 10. The van der Waals surface area contributed by atoms with Gasteiger partial charge in [0.05, 0.1) is 18.1 Å². The molecule has 8 nitrogen and oxygen atoms in total. The van der Waals surface area contributed by atoms with Crippen LogP contribution in [0.15, 0.2) is 30.6 Å². The fourth-order valence-electron chi connectivity index (χ4n) is 3.58. The minimum Gasteiger partial charge on any atom is -0.489 e. The number of nitrogens with zero attached hydrogens (tertiary/aromatic N) is 3. The lowest BCUT2D eigenvalue weighted by Crippen LogP contribution is -2.35. The van der Waals surface area contributed by atoms with E-state index in [0.29, 0.717) is 17.4 Å². The standard InChI is InChI=1S/C25H35ClN4O4/c1-6-16(2)29-23(31)17(3)18-7-9-19(10-8-18)34-20-11-12-30(13-20)22-21(26)24(28-15-27-22)33-14-25(4,5)32/h7-10,15-17,20,32H,6,11-14H2,1-5H3,(H,29,31)/t16-,17?,20?/m1/s1. The van der Waals surface area contributed by atoms with Crippen LogP contribution in [0.25, 0.3) is 0 Å². The van der Waals surface area contributed by atoms with Crippen LogP contribution >= 0.6 is 11.6 Å². The number of amides is 1. The molecule has 3 atom stereocenters. The Bertz CT molecular complexity index is 964. The highest BCUT2D eigenvalue weighted by atomic mass is 35.5. The Balaban J connectivity index is 1.58. The highest BCUT2D eigenvalue weighted by molar-refractivity contribution is 6.34. The summed E-state index contributed by atoms with van der Waals surface area (Å²) in [5.74, 6) is 1.40. The topological polar surface area (TPSA) is 96.8 Å². The molecule has 1 aromatic carbocycles. The molecule has 1 aliphatic rings. The number of benzene rings is 1. The van der Waals surface area contributed by atoms with Gasteiger partial charge in [0.25, 0.3) is 0 Å².